The van der Waals surface area contributed by atoms with Crippen molar-refractivity contribution in [3.05, 3.63) is 71.4 Å². The molecule has 2 heterocycles. The Morgan fingerprint density at radius 1 is 1.04 bits per heavy atom. The lowest BCUT2D eigenvalue weighted by Gasteiger charge is -2.26. The Hall–Kier alpha value is -2.08. The van der Waals surface area contributed by atoms with Gasteiger partial charge in [0.2, 0.25) is 10.0 Å². The molecule has 0 aliphatic carbocycles. The van der Waals surface area contributed by atoms with Gasteiger partial charge >= 0.3 is 0 Å². The second kappa shape index (κ2) is 6.33. The number of fused-ring (bicyclic) bond motifs is 1. The van der Waals surface area contributed by atoms with Crippen LogP contribution >= 0.6 is 11.6 Å². The summed E-state index contributed by atoms with van der Waals surface area (Å²) >= 11 is 6.08. The molecule has 128 valence electrons. The molecular formula is C19H17ClN2O2S. The highest BCUT2D eigenvalue weighted by molar-refractivity contribution is 7.89. The Kier molecular flexibility index (Phi) is 4.15. The maximum absolute atomic E-state index is 12.8. The van der Waals surface area contributed by atoms with E-state index in [9.17, 15) is 8.42 Å². The topological polar surface area (TPSA) is 53.2 Å². The molecule has 0 amide bonds. The van der Waals surface area contributed by atoms with Gasteiger partial charge in [-0.15, -0.1) is 0 Å². The number of sulfonamides is 1. The van der Waals surface area contributed by atoms with Crippen molar-refractivity contribution in [3.63, 3.8) is 0 Å². The van der Waals surface area contributed by atoms with Crippen molar-refractivity contribution in [1.82, 2.24) is 9.29 Å². The lowest BCUT2D eigenvalue weighted by atomic mass is 10.00. The minimum atomic E-state index is -3.58. The van der Waals surface area contributed by atoms with E-state index in [0.717, 1.165) is 16.5 Å². The van der Waals surface area contributed by atoms with Gasteiger partial charge < -0.3 is 4.98 Å². The van der Waals surface area contributed by atoms with Gasteiger partial charge in [0.15, 0.2) is 0 Å². The molecule has 1 aliphatic heterocycles. The molecular weight excluding hydrogens is 356 g/mol. The molecule has 0 spiro atoms. The number of nitrogens with zero attached hydrogens (tertiary/aromatic N) is 1. The highest BCUT2D eigenvalue weighted by Gasteiger charge is 2.28. The Balaban J connectivity index is 1.63. The van der Waals surface area contributed by atoms with Crippen LogP contribution in [0.3, 0.4) is 0 Å². The number of aromatic amines is 1. The minimum Gasteiger partial charge on any atom is -0.361 e. The normalized spacial score (nSPS) is 16.1. The molecule has 3 aromatic rings. The summed E-state index contributed by atoms with van der Waals surface area (Å²) in [5.74, 6) is 0. The number of halogens is 1. The van der Waals surface area contributed by atoms with E-state index in [1.54, 1.807) is 24.3 Å². The number of H-pyrrole nitrogens is 1. The molecule has 2 aromatic carbocycles. The quantitative estimate of drug-likeness (QED) is 0.745. The van der Waals surface area contributed by atoms with Crippen molar-refractivity contribution in [2.45, 2.75) is 11.3 Å². The van der Waals surface area contributed by atoms with Gasteiger partial charge in [0.05, 0.1) is 5.02 Å². The van der Waals surface area contributed by atoms with E-state index in [0.29, 0.717) is 19.5 Å². The lowest BCUT2D eigenvalue weighted by Crippen LogP contribution is -2.34. The van der Waals surface area contributed by atoms with Gasteiger partial charge in [-0.1, -0.05) is 48.0 Å². The molecule has 4 rings (SSSR count). The van der Waals surface area contributed by atoms with E-state index in [-0.39, 0.29) is 9.92 Å². The van der Waals surface area contributed by atoms with Gasteiger partial charge in [-0.2, -0.15) is 4.31 Å². The summed E-state index contributed by atoms with van der Waals surface area (Å²) in [4.78, 5) is 3.44. The summed E-state index contributed by atoms with van der Waals surface area (Å²) in [7, 11) is -3.58. The van der Waals surface area contributed by atoms with Crippen LogP contribution in [0.15, 0.2) is 65.7 Å². The minimum absolute atomic E-state index is 0.167. The standard InChI is InChI=1S/C19H17ClN2O2S/c20-17-6-2-4-8-19(17)25(23,24)22-11-9-14(10-12-22)16-13-21-18-7-3-1-5-15(16)18/h1-9,13,21H,10-12H2. The first-order chi connectivity index (χ1) is 12.1. The zero-order chi connectivity index (χ0) is 17.4. The second-order valence-electron chi connectivity index (χ2n) is 6.02. The van der Waals surface area contributed by atoms with Gasteiger partial charge in [0.1, 0.15) is 4.90 Å². The van der Waals surface area contributed by atoms with E-state index < -0.39 is 10.0 Å². The van der Waals surface area contributed by atoms with Gasteiger partial charge in [0, 0.05) is 35.8 Å². The lowest BCUT2D eigenvalue weighted by molar-refractivity contribution is 0.441. The van der Waals surface area contributed by atoms with Crippen LogP contribution in [-0.4, -0.2) is 30.8 Å². The molecule has 4 nitrogen and oxygen atoms in total. The summed E-state index contributed by atoms with van der Waals surface area (Å²) in [6, 6.07) is 14.7. The summed E-state index contributed by atoms with van der Waals surface area (Å²) in [6.45, 7) is 0.793. The monoisotopic (exact) mass is 372 g/mol. The molecule has 0 fully saturated rings. The molecule has 0 atom stereocenters. The zero-order valence-electron chi connectivity index (χ0n) is 13.4. The maximum Gasteiger partial charge on any atom is 0.244 e. The van der Waals surface area contributed by atoms with Gasteiger partial charge in [0.25, 0.3) is 0 Å². The summed E-state index contributed by atoms with van der Waals surface area (Å²) in [5.41, 5.74) is 3.40. The molecule has 0 unspecified atom stereocenters. The van der Waals surface area contributed by atoms with Crippen molar-refractivity contribution in [1.29, 1.82) is 0 Å². The van der Waals surface area contributed by atoms with E-state index in [1.165, 1.54) is 9.88 Å². The van der Waals surface area contributed by atoms with E-state index >= 15 is 0 Å². The van der Waals surface area contributed by atoms with Crippen LogP contribution in [0.5, 0.6) is 0 Å². The van der Waals surface area contributed by atoms with Gasteiger partial charge in [-0.25, -0.2) is 8.42 Å². The molecule has 6 heteroatoms. The first-order valence-electron chi connectivity index (χ1n) is 8.07. The largest absolute Gasteiger partial charge is 0.361 e. The van der Waals surface area contributed by atoms with Crippen LogP contribution in [0.1, 0.15) is 12.0 Å². The SMILES string of the molecule is O=S(=O)(c1ccccc1Cl)N1CC=C(c2c[nH]c3ccccc23)CC1. The number of hydrogen-bond acceptors (Lipinski definition) is 2. The van der Waals surface area contributed by atoms with Crippen LogP contribution < -0.4 is 0 Å². The van der Waals surface area contributed by atoms with Crippen molar-refractivity contribution in [2.24, 2.45) is 0 Å². The second-order valence-corrected chi connectivity index (χ2v) is 8.33. The van der Waals surface area contributed by atoms with E-state index in [1.807, 2.05) is 30.5 Å². The molecule has 1 aliphatic rings. The highest BCUT2D eigenvalue weighted by Crippen LogP contribution is 2.31. The number of benzene rings is 2. The zero-order valence-corrected chi connectivity index (χ0v) is 15.0. The Bertz CT molecular complexity index is 1070. The van der Waals surface area contributed by atoms with Crippen LogP contribution in [0.2, 0.25) is 5.02 Å². The fraction of sp³-hybridized carbons (Fsp3) is 0.158. The highest BCUT2D eigenvalue weighted by atomic mass is 35.5. The molecule has 0 bridgehead atoms. The third-order valence-corrected chi connectivity index (χ3v) is 6.93. The number of aromatic nitrogens is 1. The third-order valence-electron chi connectivity index (χ3n) is 4.56. The maximum atomic E-state index is 12.8. The number of hydrogen-bond donors (Lipinski definition) is 1. The van der Waals surface area contributed by atoms with Crippen molar-refractivity contribution in [3.8, 4) is 0 Å². The molecule has 0 saturated heterocycles. The van der Waals surface area contributed by atoms with Crippen molar-refractivity contribution >= 4 is 38.1 Å². The average molecular weight is 373 g/mol. The van der Waals surface area contributed by atoms with Gasteiger partial charge in [-0.05, 0) is 30.2 Å². The molecule has 1 aromatic heterocycles. The predicted octanol–water partition coefficient (Wildman–Crippen LogP) is 4.30. The van der Waals surface area contributed by atoms with Crippen molar-refractivity contribution < 1.29 is 8.42 Å². The summed E-state index contributed by atoms with van der Waals surface area (Å²) < 4.78 is 27.1. The number of para-hydroxylation sites is 1. The molecule has 1 N–H and O–H groups in total. The average Bonchev–Trinajstić information content (AvgIpc) is 3.06. The van der Waals surface area contributed by atoms with Crippen LogP contribution in [0.25, 0.3) is 16.5 Å². The van der Waals surface area contributed by atoms with E-state index in [4.69, 9.17) is 11.6 Å². The summed E-state index contributed by atoms with van der Waals surface area (Å²) in [6.07, 6.45) is 4.66. The first-order valence-corrected chi connectivity index (χ1v) is 9.89. The number of nitrogens with one attached hydrogen (secondary N) is 1. The fourth-order valence-electron chi connectivity index (χ4n) is 3.24. The van der Waals surface area contributed by atoms with Crippen LogP contribution in [0.4, 0.5) is 0 Å². The Morgan fingerprint density at radius 2 is 1.80 bits per heavy atom. The first kappa shape index (κ1) is 16.4. The fourth-order valence-corrected chi connectivity index (χ4v) is 5.12. The number of rotatable bonds is 3. The van der Waals surface area contributed by atoms with Crippen LogP contribution in [-0.2, 0) is 10.0 Å². The molecule has 25 heavy (non-hydrogen) atoms. The van der Waals surface area contributed by atoms with Gasteiger partial charge in [-0.3, -0.25) is 0 Å². The smallest absolute Gasteiger partial charge is 0.244 e. The Labute approximate surface area is 151 Å². The summed E-state index contributed by atoms with van der Waals surface area (Å²) in [5, 5.41) is 1.42. The van der Waals surface area contributed by atoms with E-state index in [2.05, 4.69) is 11.1 Å². The third kappa shape index (κ3) is 2.88. The predicted molar refractivity (Wildman–Crippen MR) is 101 cm³/mol. The molecule has 0 saturated carbocycles. The van der Waals surface area contributed by atoms with Crippen LogP contribution in [0, 0.1) is 0 Å². The molecule has 0 radical (unpaired) electrons. The van der Waals surface area contributed by atoms with Crippen molar-refractivity contribution in [2.75, 3.05) is 13.1 Å². The Morgan fingerprint density at radius 3 is 2.56 bits per heavy atom.